The van der Waals surface area contributed by atoms with E-state index in [9.17, 15) is 0 Å². The minimum Gasteiger partial charge on any atom is -0.309 e. The fraction of sp³-hybridized carbons (Fsp3) is 0. The van der Waals surface area contributed by atoms with Crippen LogP contribution in [0.4, 0.5) is 0 Å². The van der Waals surface area contributed by atoms with Gasteiger partial charge in [0.15, 0.2) is 0 Å². The van der Waals surface area contributed by atoms with E-state index in [-0.39, 0.29) is 0 Å². The van der Waals surface area contributed by atoms with Gasteiger partial charge < -0.3 is 9.13 Å². The molecule has 262 valence electrons. The Kier molecular flexibility index (Phi) is 7.53. The number of para-hydroxylation sites is 3. The maximum absolute atomic E-state index is 2.43. The van der Waals surface area contributed by atoms with Crippen LogP contribution in [0.3, 0.4) is 0 Å². The van der Waals surface area contributed by atoms with E-state index in [1.165, 1.54) is 88.1 Å². The van der Waals surface area contributed by atoms with Crippen LogP contribution in [0.5, 0.6) is 0 Å². The van der Waals surface area contributed by atoms with Crippen molar-refractivity contribution >= 4 is 43.6 Å². The van der Waals surface area contributed by atoms with Crippen LogP contribution in [-0.2, 0) is 0 Å². The Morgan fingerprint density at radius 2 is 0.571 bits per heavy atom. The summed E-state index contributed by atoms with van der Waals surface area (Å²) in [5.74, 6) is 0. The first-order valence-electron chi connectivity index (χ1n) is 19.3. The van der Waals surface area contributed by atoms with E-state index in [0.717, 1.165) is 11.4 Å². The topological polar surface area (TPSA) is 9.86 Å². The highest BCUT2D eigenvalue weighted by molar-refractivity contribution is 6.11. The fourth-order valence-corrected chi connectivity index (χ4v) is 8.65. The molecule has 0 bridgehead atoms. The molecular formula is C54H36N2. The summed E-state index contributed by atoms with van der Waals surface area (Å²) < 4.78 is 4.84. The van der Waals surface area contributed by atoms with Gasteiger partial charge >= 0.3 is 0 Å². The molecule has 0 aliphatic rings. The predicted octanol–water partition coefficient (Wildman–Crippen LogP) is 14.5. The molecule has 11 rings (SSSR count). The van der Waals surface area contributed by atoms with Crippen LogP contribution in [0.25, 0.3) is 99.5 Å². The van der Waals surface area contributed by atoms with E-state index in [4.69, 9.17) is 0 Å². The van der Waals surface area contributed by atoms with Gasteiger partial charge in [0.25, 0.3) is 0 Å². The van der Waals surface area contributed by atoms with Crippen LogP contribution < -0.4 is 0 Å². The molecule has 11 aromatic rings. The van der Waals surface area contributed by atoms with Crippen molar-refractivity contribution < 1.29 is 0 Å². The second-order valence-electron chi connectivity index (χ2n) is 14.6. The lowest BCUT2D eigenvalue weighted by Crippen LogP contribution is -1.96. The summed E-state index contributed by atoms with van der Waals surface area (Å²) in [6.45, 7) is 0. The molecule has 0 saturated heterocycles. The molecule has 0 saturated carbocycles. The fourth-order valence-electron chi connectivity index (χ4n) is 8.65. The second-order valence-corrected chi connectivity index (χ2v) is 14.6. The average molecular weight is 713 g/mol. The number of hydrogen-bond acceptors (Lipinski definition) is 0. The molecule has 0 spiro atoms. The van der Waals surface area contributed by atoms with E-state index in [2.05, 4.69) is 228 Å². The standard InChI is InChI=1S/C54H36N2/c1-3-14-37(15-4-1)39-26-28-40(29-27-39)43-32-44(35-46(34-43)56-51-23-10-7-20-47(51)48-21-8-11-24-52(48)56)42-30-31-54-50(36-42)49-22-9-12-25-53(49)55(54)45-19-13-18-41(33-45)38-16-5-2-6-17-38/h1-36H. The normalized spacial score (nSPS) is 11.6. The smallest absolute Gasteiger partial charge is 0.0541 e. The molecule has 0 amide bonds. The Labute approximate surface area is 325 Å². The molecule has 56 heavy (non-hydrogen) atoms. The molecule has 0 atom stereocenters. The zero-order chi connectivity index (χ0) is 37.0. The van der Waals surface area contributed by atoms with Gasteiger partial charge in [0, 0.05) is 32.9 Å². The summed E-state index contributed by atoms with van der Waals surface area (Å²) in [6, 6.07) is 79.5. The first-order valence-corrected chi connectivity index (χ1v) is 19.3. The van der Waals surface area contributed by atoms with Crippen molar-refractivity contribution in [2.24, 2.45) is 0 Å². The highest BCUT2D eigenvalue weighted by Crippen LogP contribution is 2.39. The van der Waals surface area contributed by atoms with E-state index >= 15 is 0 Å². The van der Waals surface area contributed by atoms with Gasteiger partial charge in [-0.15, -0.1) is 0 Å². The van der Waals surface area contributed by atoms with E-state index in [1.54, 1.807) is 0 Å². The predicted molar refractivity (Wildman–Crippen MR) is 237 cm³/mol. The summed E-state index contributed by atoms with van der Waals surface area (Å²) >= 11 is 0. The summed E-state index contributed by atoms with van der Waals surface area (Å²) in [6.07, 6.45) is 0. The van der Waals surface area contributed by atoms with Crippen LogP contribution >= 0.6 is 0 Å². The lowest BCUT2D eigenvalue weighted by atomic mass is 9.95. The highest BCUT2D eigenvalue weighted by Gasteiger charge is 2.17. The van der Waals surface area contributed by atoms with Crippen molar-refractivity contribution in [1.29, 1.82) is 0 Å². The molecule has 2 aromatic heterocycles. The number of benzene rings is 9. The molecule has 9 aromatic carbocycles. The Morgan fingerprint density at radius 3 is 1.18 bits per heavy atom. The third-order valence-electron chi connectivity index (χ3n) is 11.3. The van der Waals surface area contributed by atoms with Crippen LogP contribution in [-0.4, -0.2) is 9.13 Å². The van der Waals surface area contributed by atoms with Crippen LogP contribution in [0.15, 0.2) is 218 Å². The van der Waals surface area contributed by atoms with Crippen molar-refractivity contribution in [3.63, 3.8) is 0 Å². The van der Waals surface area contributed by atoms with Crippen molar-refractivity contribution in [2.75, 3.05) is 0 Å². The Hall–Kier alpha value is -7.42. The molecule has 2 heterocycles. The van der Waals surface area contributed by atoms with Gasteiger partial charge in [0.1, 0.15) is 0 Å². The van der Waals surface area contributed by atoms with Gasteiger partial charge in [-0.25, -0.2) is 0 Å². The summed E-state index contributed by atoms with van der Waals surface area (Å²) in [5, 5.41) is 4.99. The van der Waals surface area contributed by atoms with Gasteiger partial charge in [-0.1, -0.05) is 158 Å². The SMILES string of the molecule is c1ccc(-c2ccc(-c3cc(-c4ccc5c(c4)c4ccccc4n5-c4cccc(-c5ccccc5)c4)cc(-n4c5ccccc5c5ccccc54)c3)cc2)cc1. The molecule has 0 aliphatic heterocycles. The largest absolute Gasteiger partial charge is 0.309 e. The number of nitrogens with zero attached hydrogens (tertiary/aromatic N) is 2. The third kappa shape index (κ3) is 5.34. The molecule has 2 nitrogen and oxygen atoms in total. The summed E-state index contributed by atoms with van der Waals surface area (Å²) in [7, 11) is 0. The molecule has 0 unspecified atom stereocenters. The quantitative estimate of drug-likeness (QED) is 0.162. The number of hydrogen-bond donors (Lipinski definition) is 0. The number of aromatic nitrogens is 2. The van der Waals surface area contributed by atoms with Gasteiger partial charge in [0.05, 0.1) is 22.1 Å². The van der Waals surface area contributed by atoms with Crippen molar-refractivity contribution in [2.45, 2.75) is 0 Å². The zero-order valence-electron chi connectivity index (χ0n) is 30.7. The van der Waals surface area contributed by atoms with Crippen LogP contribution in [0, 0.1) is 0 Å². The van der Waals surface area contributed by atoms with Gasteiger partial charge in [-0.2, -0.15) is 0 Å². The number of fused-ring (bicyclic) bond motifs is 6. The lowest BCUT2D eigenvalue weighted by Gasteiger charge is -2.15. The molecule has 0 radical (unpaired) electrons. The average Bonchev–Trinajstić information content (AvgIpc) is 3.80. The Bertz CT molecular complexity index is 3170. The minimum absolute atomic E-state index is 1.14. The Morgan fingerprint density at radius 1 is 0.196 bits per heavy atom. The van der Waals surface area contributed by atoms with Crippen molar-refractivity contribution in [1.82, 2.24) is 9.13 Å². The van der Waals surface area contributed by atoms with Gasteiger partial charge in [0.2, 0.25) is 0 Å². The van der Waals surface area contributed by atoms with Crippen molar-refractivity contribution in [3.05, 3.63) is 218 Å². The van der Waals surface area contributed by atoms with E-state index in [0.29, 0.717) is 0 Å². The van der Waals surface area contributed by atoms with Crippen LogP contribution in [0.1, 0.15) is 0 Å². The molecule has 0 aliphatic carbocycles. The number of rotatable bonds is 6. The summed E-state index contributed by atoms with van der Waals surface area (Å²) in [4.78, 5) is 0. The summed E-state index contributed by atoms with van der Waals surface area (Å²) in [5.41, 5.74) is 16.7. The van der Waals surface area contributed by atoms with Gasteiger partial charge in [-0.05, 0) is 105 Å². The second kappa shape index (κ2) is 13.2. The third-order valence-corrected chi connectivity index (χ3v) is 11.3. The van der Waals surface area contributed by atoms with Crippen molar-refractivity contribution in [3.8, 4) is 55.9 Å². The van der Waals surface area contributed by atoms with Gasteiger partial charge in [-0.3, -0.25) is 0 Å². The van der Waals surface area contributed by atoms with Crippen LogP contribution in [0.2, 0.25) is 0 Å². The highest BCUT2D eigenvalue weighted by atomic mass is 15.0. The van der Waals surface area contributed by atoms with E-state index < -0.39 is 0 Å². The maximum atomic E-state index is 2.43. The Balaban J connectivity index is 1.11. The zero-order valence-corrected chi connectivity index (χ0v) is 30.7. The monoisotopic (exact) mass is 712 g/mol. The minimum atomic E-state index is 1.14. The lowest BCUT2D eigenvalue weighted by molar-refractivity contribution is 1.18. The first-order chi connectivity index (χ1) is 27.8. The molecule has 0 N–H and O–H groups in total. The molecular weight excluding hydrogens is 677 g/mol. The maximum Gasteiger partial charge on any atom is 0.0541 e. The van der Waals surface area contributed by atoms with E-state index in [1.807, 2.05) is 0 Å². The first kappa shape index (κ1) is 32.0. The molecule has 2 heteroatoms. The molecule has 0 fully saturated rings.